The Bertz CT molecular complexity index is 561. The van der Waals surface area contributed by atoms with E-state index < -0.39 is 11.8 Å². The van der Waals surface area contributed by atoms with Crippen LogP contribution in [0.15, 0.2) is 18.2 Å². The summed E-state index contributed by atoms with van der Waals surface area (Å²) in [5.41, 5.74) is 2.80. The third-order valence-corrected chi connectivity index (χ3v) is 4.15. The summed E-state index contributed by atoms with van der Waals surface area (Å²) in [5, 5.41) is 2.82. The highest BCUT2D eigenvalue weighted by Crippen LogP contribution is 2.27. The number of benzene rings is 1. The number of hydrogen-bond acceptors (Lipinski definition) is 3. The fraction of sp³-hybridized carbons (Fsp3) is 0.529. The van der Waals surface area contributed by atoms with Crippen molar-refractivity contribution in [2.24, 2.45) is 0 Å². The first kappa shape index (κ1) is 16.5. The van der Waals surface area contributed by atoms with Gasteiger partial charge in [0.05, 0.1) is 0 Å². The first-order chi connectivity index (χ1) is 10.4. The number of carbonyl (C=O) groups excluding carboxylic acids is 2. The monoisotopic (exact) mass is 303 g/mol. The molecule has 1 heterocycles. The van der Waals surface area contributed by atoms with Gasteiger partial charge in [-0.15, -0.1) is 0 Å². The van der Waals surface area contributed by atoms with E-state index in [1.54, 1.807) is 4.90 Å². The Morgan fingerprint density at radius 2 is 1.77 bits per heavy atom. The lowest BCUT2D eigenvalue weighted by Crippen LogP contribution is -2.50. The van der Waals surface area contributed by atoms with Crippen LogP contribution < -0.4 is 5.32 Å². The van der Waals surface area contributed by atoms with Gasteiger partial charge in [0.15, 0.2) is 0 Å². The molecular weight excluding hydrogens is 278 g/mol. The third-order valence-electron chi connectivity index (χ3n) is 4.15. The lowest BCUT2D eigenvalue weighted by atomic mass is 9.98. The van der Waals surface area contributed by atoms with Gasteiger partial charge < -0.3 is 15.1 Å². The Hall–Kier alpha value is -1.88. The van der Waals surface area contributed by atoms with E-state index in [1.165, 1.54) is 0 Å². The fourth-order valence-corrected chi connectivity index (χ4v) is 2.66. The molecule has 5 nitrogen and oxygen atoms in total. The molecule has 1 aliphatic rings. The van der Waals surface area contributed by atoms with Crippen LogP contribution >= 0.6 is 0 Å². The van der Waals surface area contributed by atoms with Gasteiger partial charge in [0, 0.05) is 31.9 Å². The van der Waals surface area contributed by atoms with Gasteiger partial charge in [-0.3, -0.25) is 9.59 Å². The van der Waals surface area contributed by atoms with Crippen molar-refractivity contribution in [1.82, 2.24) is 9.80 Å². The number of piperazine rings is 1. The lowest BCUT2D eigenvalue weighted by molar-refractivity contribution is -0.144. The molecule has 1 aliphatic heterocycles. The first-order valence-electron chi connectivity index (χ1n) is 7.78. The maximum atomic E-state index is 12.3. The standard InChI is InChI=1S/C17H25N3O2/c1-12(2)14-7-5-6-13(3)15(14)18-16(21)17(22)20-10-8-19(4)9-11-20/h5-7,12H,8-11H2,1-4H3,(H,18,21). The molecule has 120 valence electrons. The molecule has 2 amide bonds. The van der Waals surface area contributed by atoms with Crippen molar-refractivity contribution in [3.8, 4) is 0 Å². The summed E-state index contributed by atoms with van der Waals surface area (Å²) in [6.07, 6.45) is 0. The molecule has 2 rings (SSSR count). The van der Waals surface area contributed by atoms with Crippen molar-refractivity contribution in [3.63, 3.8) is 0 Å². The SMILES string of the molecule is Cc1cccc(C(C)C)c1NC(=O)C(=O)N1CCN(C)CC1. The maximum Gasteiger partial charge on any atom is 0.313 e. The number of aryl methyl sites for hydroxylation is 1. The van der Waals surface area contributed by atoms with E-state index in [-0.39, 0.29) is 5.92 Å². The van der Waals surface area contributed by atoms with Crippen molar-refractivity contribution in [2.75, 3.05) is 38.5 Å². The van der Waals surface area contributed by atoms with Gasteiger partial charge in [-0.2, -0.15) is 0 Å². The highest BCUT2D eigenvalue weighted by atomic mass is 16.2. The molecule has 0 spiro atoms. The van der Waals surface area contributed by atoms with Crippen LogP contribution in [0.3, 0.4) is 0 Å². The molecule has 0 saturated carbocycles. The Labute approximate surface area is 132 Å². The summed E-state index contributed by atoms with van der Waals surface area (Å²) in [5.74, 6) is -0.694. The molecule has 1 saturated heterocycles. The summed E-state index contributed by atoms with van der Waals surface area (Å²) in [7, 11) is 2.02. The molecule has 1 fully saturated rings. The van der Waals surface area contributed by atoms with E-state index in [9.17, 15) is 9.59 Å². The second-order valence-electron chi connectivity index (χ2n) is 6.24. The zero-order valence-corrected chi connectivity index (χ0v) is 13.8. The smallest absolute Gasteiger partial charge is 0.313 e. The fourth-order valence-electron chi connectivity index (χ4n) is 2.66. The predicted octanol–water partition coefficient (Wildman–Crippen LogP) is 1.83. The quantitative estimate of drug-likeness (QED) is 0.848. The van der Waals surface area contributed by atoms with Crippen LogP contribution in [0.4, 0.5) is 5.69 Å². The van der Waals surface area contributed by atoms with E-state index >= 15 is 0 Å². The molecule has 0 unspecified atom stereocenters. The zero-order chi connectivity index (χ0) is 16.3. The molecule has 0 bridgehead atoms. The maximum absolute atomic E-state index is 12.3. The molecular formula is C17H25N3O2. The number of rotatable bonds is 2. The first-order valence-corrected chi connectivity index (χ1v) is 7.78. The summed E-state index contributed by atoms with van der Waals surface area (Å²) in [4.78, 5) is 28.4. The average molecular weight is 303 g/mol. The van der Waals surface area contributed by atoms with Gasteiger partial charge in [0.1, 0.15) is 0 Å². The van der Waals surface area contributed by atoms with Crippen molar-refractivity contribution < 1.29 is 9.59 Å². The van der Waals surface area contributed by atoms with Crippen LogP contribution in [-0.2, 0) is 9.59 Å². The highest BCUT2D eigenvalue weighted by Gasteiger charge is 2.25. The van der Waals surface area contributed by atoms with Crippen molar-refractivity contribution in [3.05, 3.63) is 29.3 Å². The van der Waals surface area contributed by atoms with Gasteiger partial charge >= 0.3 is 11.8 Å². The van der Waals surface area contributed by atoms with Gasteiger partial charge in [0.2, 0.25) is 0 Å². The van der Waals surface area contributed by atoms with Crippen LogP contribution in [0.25, 0.3) is 0 Å². The van der Waals surface area contributed by atoms with E-state index in [1.807, 2.05) is 32.2 Å². The molecule has 22 heavy (non-hydrogen) atoms. The summed E-state index contributed by atoms with van der Waals surface area (Å²) in [6.45, 7) is 8.92. The number of amides is 2. The Balaban J connectivity index is 2.10. The van der Waals surface area contributed by atoms with E-state index in [0.29, 0.717) is 13.1 Å². The van der Waals surface area contributed by atoms with Gasteiger partial charge in [-0.05, 0) is 31.0 Å². The summed E-state index contributed by atoms with van der Waals surface area (Å²) in [6, 6.07) is 5.91. The minimum Gasteiger partial charge on any atom is -0.332 e. The third kappa shape index (κ3) is 3.65. The topological polar surface area (TPSA) is 52.7 Å². The number of nitrogens with one attached hydrogen (secondary N) is 1. The van der Waals surface area contributed by atoms with E-state index in [4.69, 9.17) is 0 Å². The lowest BCUT2D eigenvalue weighted by Gasteiger charge is -2.32. The van der Waals surface area contributed by atoms with Gasteiger partial charge in [-0.1, -0.05) is 32.0 Å². The Morgan fingerprint density at radius 3 is 2.36 bits per heavy atom. The minimum absolute atomic E-state index is 0.286. The predicted molar refractivity (Wildman–Crippen MR) is 88.0 cm³/mol. The van der Waals surface area contributed by atoms with Crippen LogP contribution in [0.2, 0.25) is 0 Å². The zero-order valence-electron chi connectivity index (χ0n) is 13.8. The molecule has 1 aromatic carbocycles. The summed E-state index contributed by atoms with van der Waals surface area (Å²) < 4.78 is 0. The van der Waals surface area contributed by atoms with Gasteiger partial charge in [0.25, 0.3) is 0 Å². The number of anilines is 1. The van der Waals surface area contributed by atoms with E-state index in [2.05, 4.69) is 24.1 Å². The van der Waals surface area contributed by atoms with Gasteiger partial charge in [-0.25, -0.2) is 0 Å². The molecule has 1 N–H and O–H groups in total. The molecule has 0 radical (unpaired) electrons. The van der Waals surface area contributed by atoms with Crippen molar-refractivity contribution in [1.29, 1.82) is 0 Å². The average Bonchev–Trinajstić information content (AvgIpc) is 2.49. The number of nitrogens with zero attached hydrogens (tertiary/aromatic N) is 2. The molecule has 0 aromatic heterocycles. The van der Waals surface area contributed by atoms with Crippen molar-refractivity contribution in [2.45, 2.75) is 26.7 Å². The number of para-hydroxylation sites is 1. The second kappa shape index (κ2) is 6.92. The van der Waals surface area contributed by atoms with Crippen molar-refractivity contribution >= 4 is 17.5 Å². The highest BCUT2D eigenvalue weighted by molar-refractivity contribution is 6.39. The molecule has 0 atom stereocenters. The largest absolute Gasteiger partial charge is 0.332 e. The van der Waals surface area contributed by atoms with Crippen LogP contribution in [0.5, 0.6) is 0 Å². The minimum atomic E-state index is -0.541. The Morgan fingerprint density at radius 1 is 1.14 bits per heavy atom. The Kier molecular flexibility index (Phi) is 5.19. The summed E-state index contributed by atoms with van der Waals surface area (Å²) >= 11 is 0. The second-order valence-corrected chi connectivity index (χ2v) is 6.24. The number of hydrogen-bond donors (Lipinski definition) is 1. The number of carbonyl (C=O) groups is 2. The van der Waals surface area contributed by atoms with Crippen LogP contribution in [0, 0.1) is 6.92 Å². The molecule has 1 aromatic rings. The molecule has 5 heteroatoms. The van der Waals surface area contributed by atoms with Crippen LogP contribution in [0.1, 0.15) is 30.9 Å². The van der Waals surface area contributed by atoms with E-state index in [0.717, 1.165) is 29.9 Å². The molecule has 0 aliphatic carbocycles. The normalized spacial score (nSPS) is 16.0. The van der Waals surface area contributed by atoms with Crippen LogP contribution in [-0.4, -0.2) is 54.8 Å². The number of likely N-dealkylation sites (N-methyl/N-ethyl adjacent to an activating group) is 1.